The van der Waals surface area contributed by atoms with Crippen LogP contribution in [0.1, 0.15) is 20.3 Å². The van der Waals surface area contributed by atoms with Gasteiger partial charge in [-0.05, 0) is 6.92 Å². The van der Waals surface area contributed by atoms with Gasteiger partial charge in [0.1, 0.15) is 0 Å². The summed E-state index contributed by atoms with van der Waals surface area (Å²) in [6.07, 6.45) is 0.00336. The van der Waals surface area contributed by atoms with Gasteiger partial charge in [-0.25, -0.2) is 0 Å². The van der Waals surface area contributed by atoms with Crippen molar-refractivity contribution in [2.24, 2.45) is 5.92 Å². The third-order valence-corrected chi connectivity index (χ3v) is 1.74. The van der Waals surface area contributed by atoms with Crippen molar-refractivity contribution >= 4 is 11.9 Å². The summed E-state index contributed by atoms with van der Waals surface area (Å²) in [4.78, 5) is 21.7. The summed E-state index contributed by atoms with van der Waals surface area (Å²) in [7, 11) is 1.54. The van der Waals surface area contributed by atoms with Gasteiger partial charge < -0.3 is 15.2 Å². The molecular formula is C9H17NO4. The Balaban J connectivity index is 3.80. The Morgan fingerprint density at radius 1 is 1.43 bits per heavy atom. The summed E-state index contributed by atoms with van der Waals surface area (Å²) < 4.78 is 4.83. The zero-order chi connectivity index (χ0) is 11.1. The molecule has 1 amide bonds. The SMILES string of the molecule is COCC(C)NC(=O)CC(C)C(=O)O. The zero-order valence-electron chi connectivity index (χ0n) is 8.74. The molecule has 5 nitrogen and oxygen atoms in total. The number of rotatable bonds is 6. The van der Waals surface area contributed by atoms with Crippen LogP contribution in [0.15, 0.2) is 0 Å². The van der Waals surface area contributed by atoms with Crippen LogP contribution in [0.5, 0.6) is 0 Å². The molecule has 14 heavy (non-hydrogen) atoms. The number of amides is 1. The van der Waals surface area contributed by atoms with E-state index in [1.165, 1.54) is 6.92 Å². The van der Waals surface area contributed by atoms with Gasteiger partial charge in [0, 0.05) is 19.6 Å². The monoisotopic (exact) mass is 203 g/mol. The van der Waals surface area contributed by atoms with Crippen molar-refractivity contribution in [2.75, 3.05) is 13.7 Å². The van der Waals surface area contributed by atoms with Gasteiger partial charge in [0.25, 0.3) is 0 Å². The second-order valence-electron chi connectivity index (χ2n) is 3.37. The van der Waals surface area contributed by atoms with Crippen LogP contribution in [-0.2, 0) is 14.3 Å². The number of carboxylic acid groups (broad SMARTS) is 1. The first-order chi connectivity index (χ1) is 6.47. The fraction of sp³-hybridized carbons (Fsp3) is 0.778. The predicted octanol–water partition coefficient (Wildman–Crippen LogP) is 0.248. The molecule has 0 bridgehead atoms. The molecule has 0 spiro atoms. The third kappa shape index (κ3) is 5.53. The van der Waals surface area contributed by atoms with Crippen LogP contribution in [0.25, 0.3) is 0 Å². The standard InChI is InChI=1S/C9H17NO4/c1-6(9(12)13)4-8(11)10-7(2)5-14-3/h6-7H,4-5H2,1-3H3,(H,10,11)(H,12,13). The molecule has 2 N–H and O–H groups in total. The molecule has 0 saturated carbocycles. The fourth-order valence-electron chi connectivity index (χ4n) is 0.991. The smallest absolute Gasteiger partial charge is 0.306 e. The van der Waals surface area contributed by atoms with Crippen LogP contribution in [0.2, 0.25) is 0 Å². The molecule has 0 aromatic heterocycles. The van der Waals surface area contributed by atoms with E-state index in [1.54, 1.807) is 14.0 Å². The quantitative estimate of drug-likeness (QED) is 0.648. The Morgan fingerprint density at radius 2 is 2.00 bits per heavy atom. The lowest BCUT2D eigenvalue weighted by atomic mass is 10.1. The number of hydrogen-bond acceptors (Lipinski definition) is 3. The van der Waals surface area contributed by atoms with Gasteiger partial charge in [0.2, 0.25) is 5.91 Å². The van der Waals surface area contributed by atoms with Crippen LogP contribution in [0.4, 0.5) is 0 Å². The first-order valence-corrected chi connectivity index (χ1v) is 4.48. The van der Waals surface area contributed by atoms with Gasteiger partial charge in [0.05, 0.1) is 12.5 Å². The predicted molar refractivity (Wildman–Crippen MR) is 50.9 cm³/mol. The molecule has 0 aliphatic heterocycles. The Hall–Kier alpha value is -1.10. The first-order valence-electron chi connectivity index (χ1n) is 4.48. The summed E-state index contributed by atoms with van der Waals surface area (Å²) in [5.41, 5.74) is 0. The molecule has 2 atom stereocenters. The van der Waals surface area contributed by atoms with E-state index in [0.717, 1.165) is 0 Å². The fourth-order valence-corrected chi connectivity index (χ4v) is 0.991. The normalized spacial score (nSPS) is 14.5. The van der Waals surface area contributed by atoms with Crippen LogP contribution in [-0.4, -0.2) is 36.7 Å². The average molecular weight is 203 g/mol. The van der Waals surface area contributed by atoms with Crippen molar-refractivity contribution in [2.45, 2.75) is 26.3 Å². The zero-order valence-corrected chi connectivity index (χ0v) is 8.74. The van der Waals surface area contributed by atoms with Gasteiger partial charge in [-0.15, -0.1) is 0 Å². The summed E-state index contributed by atoms with van der Waals surface area (Å²) in [5, 5.41) is 11.2. The minimum Gasteiger partial charge on any atom is -0.481 e. The molecule has 0 aromatic carbocycles. The van der Waals surface area contributed by atoms with E-state index >= 15 is 0 Å². The van der Waals surface area contributed by atoms with Gasteiger partial charge in [-0.2, -0.15) is 0 Å². The molecule has 5 heteroatoms. The summed E-state index contributed by atoms with van der Waals surface area (Å²) in [6, 6.07) is -0.0894. The number of hydrogen-bond donors (Lipinski definition) is 2. The minimum atomic E-state index is -0.959. The molecule has 0 fully saturated rings. The molecular weight excluding hydrogens is 186 g/mol. The molecule has 2 unspecified atom stereocenters. The van der Waals surface area contributed by atoms with E-state index in [-0.39, 0.29) is 18.4 Å². The third-order valence-electron chi connectivity index (χ3n) is 1.74. The highest BCUT2D eigenvalue weighted by atomic mass is 16.5. The molecule has 0 radical (unpaired) electrons. The van der Waals surface area contributed by atoms with Gasteiger partial charge in [-0.3, -0.25) is 9.59 Å². The Kier molecular flexibility index (Phi) is 5.87. The van der Waals surface area contributed by atoms with Crippen molar-refractivity contribution in [3.05, 3.63) is 0 Å². The summed E-state index contributed by atoms with van der Waals surface area (Å²) >= 11 is 0. The van der Waals surface area contributed by atoms with Crippen molar-refractivity contribution in [1.82, 2.24) is 5.32 Å². The first kappa shape index (κ1) is 12.9. The average Bonchev–Trinajstić information content (AvgIpc) is 2.03. The molecule has 0 saturated heterocycles. The van der Waals surface area contributed by atoms with Crippen LogP contribution in [0, 0.1) is 5.92 Å². The molecule has 0 heterocycles. The van der Waals surface area contributed by atoms with Crippen molar-refractivity contribution in [3.8, 4) is 0 Å². The molecule has 0 aliphatic carbocycles. The van der Waals surface area contributed by atoms with E-state index in [2.05, 4.69) is 5.32 Å². The molecule has 0 aromatic rings. The highest BCUT2D eigenvalue weighted by Crippen LogP contribution is 2.01. The number of carbonyl (C=O) groups is 2. The number of methoxy groups -OCH3 is 1. The summed E-state index contributed by atoms with van der Waals surface area (Å²) in [5.74, 6) is -1.87. The van der Waals surface area contributed by atoms with E-state index < -0.39 is 11.9 Å². The Labute approximate surface area is 83.4 Å². The maximum absolute atomic E-state index is 11.2. The second-order valence-corrected chi connectivity index (χ2v) is 3.37. The van der Waals surface area contributed by atoms with Gasteiger partial charge in [0.15, 0.2) is 0 Å². The minimum absolute atomic E-state index is 0.00336. The van der Waals surface area contributed by atoms with Crippen molar-refractivity contribution in [1.29, 1.82) is 0 Å². The van der Waals surface area contributed by atoms with Gasteiger partial charge in [-0.1, -0.05) is 6.92 Å². The maximum Gasteiger partial charge on any atom is 0.306 e. The largest absolute Gasteiger partial charge is 0.481 e. The van der Waals surface area contributed by atoms with E-state index in [9.17, 15) is 9.59 Å². The summed E-state index contributed by atoms with van der Waals surface area (Å²) in [6.45, 7) is 3.73. The Morgan fingerprint density at radius 3 is 2.43 bits per heavy atom. The number of carbonyl (C=O) groups excluding carboxylic acids is 1. The molecule has 82 valence electrons. The van der Waals surface area contributed by atoms with Crippen molar-refractivity contribution < 1.29 is 19.4 Å². The second kappa shape index (κ2) is 6.37. The number of aliphatic carboxylic acids is 1. The van der Waals surface area contributed by atoms with E-state index in [1.807, 2.05) is 0 Å². The lowest BCUT2D eigenvalue weighted by Crippen LogP contribution is -2.37. The van der Waals surface area contributed by atoms with E-state index in [0.29, 0.717) is 6.61 Å². The van der Waals surface area contributed by atoms with E-state index in [4.69, 9.17) is 9.84 Å². The number of ether oxygens (including phenoxy) is 1. The number of nitrogens with one attached hydrogen (secondary N) is 1. The lowest BCUT2D eigenvalue weighted by molar-refractivity contribution is -0.143. The number of carboxylic acids is 1. The van der Waals surface area contributed by atoms with Crippen molar-refractivity contribution in [3.63, 3.8) is 0 Å². The lowest BCUT2D eigenvalue weighted by Gasteiger charge is -2.13. The Bertz CT molecular complexity index is 205. The highest BCUT2D eigenvalue weighted by molar-refractivity contribution is 5.82. The highest BCUT2D eigenvalue weighted by Gasteiger charge is 2.16. The maximum atomic E-state index is 11.2. The van der Waals surface area contributed by atoms with Gasteiger partial charge >= 0.3 is 5.97 Å². The molecule has 0 rings (SSSR count). The molecule has 0 aliphatic rings. The van der Waals surface area contributed by atoms with Crippen LogP contribution >= 0.6 is 0 Å². The van der Waals surface area contributed by atoms with Crippen LogP contribution < -0.4 is 5.32 Å². The van der Waals surface area contributed by atoms with Crippen LogP contribution in [0.3, 0.4) is 0 Å². The topological polar surface area (TPSA) is 75.6 Å².